The van der Waals surface area contributed by atoms with E-state index in [0.717, 1.165) is 13.0 Å². The van der Waals surface area contributed by atoms with E-state index in [2.05, 4.69) is 37.1 Å². The summed E-state index contributed by atoms with van der Waals surface area (Å²) in [5.74, 6) is 0.684. The monoisotopic (exact) mass is 203 g/mol. The maximum Gasteiger partial charge on any atom is 0.143 e. The Kier molecular flexibility index (Phi) is 3.68. The third-order valence-electron chi connectivity index (χ3n) is 2.10. The van der Waals surface area contributed by atoms with Crippen molar-refractivity contribution < 1.29 is 0 Å². The molecule has 0 amide bonds. The van der Waals surface area contributed by atoms with Crippen molar-refractivity contribution in [2.75, 3.05) is 11.9 Å². The third kappa shape index (κ3) is 3.99. The maximum atomic E-state index is 8.85. The van der Waals surface area contributed by atoms with Gasteiger partial charge in [0.1, 0.15) is 11.9 Å². The van der Waals surface area contributed by atoms with E-state index in [0.29, 0.717) is 16.8 Å². The summed E-state index contributed by atoms with van der Waals surface area (Å²) in [6.45, 7) is 7.42. The van der Waals surface area contributed by atoms with Crippen LogP contribution in [-0.4, -0.2) is 11.5 Å². The van der Waals surface area contributed by atoms with Crippen LogP contribution in [0.1, 0.15) is 32.8 Å². The van der Waals surface area contributed by atoms with Crippen molar-refractivity contribution in [3.05, 3.63) is 23.9 Å². The van der Waals surface area contributed by atoms with Gasteiger partial charge in [-0.3, -0.25) is 0 Å². The Hall–Kier alpha value is -1.56. The Bertz CT molecular complexity index is 358. The highest BCUT2D eigenvalue weighted by molar-refractivity contribution is 5.50. The summed E-state index contributed by atoms with van der Waals surface area (Å²) in [6, 6.07) is 5.66. The van der Waals surface area contributed by atoms with Crippen LogP contribution in [0.15, 0.2) is 18.3 Å². The number of aromatic nitrogens is 1. The first-order valence-electron chi connectivity index (χ1n) is 5.12. The molecule has 1 aromatic heterocycles. The summed E-state index contributed by atoms with van der Waals surface area (Å²) >= 11 is 0. The zero-order valence-electron chi connectivity index (χ0n) is 9.54. The fraction of sp³-hybridized carbons (Fsp3) is 0.500. The fourth-order valence-electron chi connectivity index (χ4n) is 1.19. The summed E-state index contributed by atoms with van der Waals surface area (Å²) in [6.07, 6.45) is 2.74. The lowest BCUT2D eigenvalue weighted by Gasteiger charge is -2.18. The van der Waals surface area contributed by atoms with Gasteiger partial charge in [-0.2, -0.15) is 5.26 Å². The van der Waals surface area contributed by atoms with Crippen LogP contribution >= 0.6 is 0 Å². The smallest absolute Gasteiger partial charge is 0.143 e. The molecule has 3 nitrogen and oxygen atoms in total. The molecule has 1 aromatic rings. The second-order valence-corrected chi connectivity index (χ2v) is 4.75. The van der Waals surface area contributed by atoms with Gasteiger partial charge in [0.05, 0.1) is 5.56 Å². The molecule has 0 aliphatic carbocycles. The maximum absolute atomic E-state index is 8.85. The number of nitriles is 1. The van der Waals surface area contributed by atoms with Gasteiger partial charge in [-0.05, 0) is 24.0 Å². The molecule has 0 saturated carbocycles. The van der Waals surface area contributed by atoms with Crippen LogP contribution in [0, 0.1) is 16.7 Å². The second kappa shape index (κ2) is 4.79. The van der Waals surface area contributed by atoms with Crippen molar-refractivity contribution in [3.63, 3.8) is 0 Å². The Morgan fingerprint density at radius 2 is 2.20 bits per heavy atom. The summed E-state index contributed by atoms with van der Waals surface area (Å²) in [5, 5.41) is 12.0. The van der Waals surface area contributed by atoms with E-state index in [9.17, 15) is 0 Å². The molecule has 0 fully saturated rings. The Labute approximate surface area is 91.1 Å². The highest BCUT2D eigenvalue weighted by Gasteiger charge is 2.09. The van der Waals surface area contributed by atoms with Crippen molar-refractivity contribution in [2.24, 2.45) is 5.41 Å². The Morgan fingerprint density at radius 3 is 2.80 bits per heavy atom. The quantitative estimate of drug-likeness (QED) is 0.821. The normalized spacial score (nSPS) is 10.8. The van der Waals surface area contributed by atoms with Crippen LogP contribution in [0.3, 0.4) is 0 Å². The number of pyridine rings is 1. The van der Waals surface area contributed by atoms with Gasteiger partial charge in [-0.1, -0.05) is 20.8 Å². The molecule has 3 heteroatoms. The number of rotatable bonds is 3. The lowest BCUT2D eigenvalue weighted by atomic mass is 9.92. The summed E-state index contributed by atoms with van der Waals surface area (Å²) in [7, 11) is 0. The number of nitrogens with zero attached hydrogens (tertiary/aromatic N) is 2. The van der Waals surface area contributed by atoms with Crippen molar-refractivity contribution >= 4 is 5.82 Å². The summed E-state index contributed by atoms with van der Waals surface area (Å²) in [5.41, 5.74) is 0.903. The number of hydrogen-bond acceptors (Lipinski definition) is 3. The SMILES string of the molecule is CC(C)(C)CCNc1ncccc1C#N. The molecule has 0 bridgehead atoms. The topological polar surface area (TPSA) is 48.7 Å². The Balaban J connectivity index is 2.55. The second-order valence-electron chi connectivity index (χ2n) is 4.75. The third-order valence-corrected chi connectivity index (χ3v) is 2.10. The standard InChI is InChI=1S/C12H17N3/c1-12(2,3)6-8-15-11-10(9-13)5-4-7-14-11/h4-5,7H,6,8H2,1-3H3,(H,14,15). The van der Waals surface area contributed by atoms with E-state index in [-0.39, 0.29) is 0 Å². The van der Waals surface area contributed by atoms with Gasteiger partial charge in [-0.25, -0.2) is 4.98 Å². The van der Waals surface area contributed by atoms with Gasteiger partial charge in [0.2, 0.25) is 0 Å². The molecule has 80 valence electrons. The zero-order chi connectivity index (χ0) is 11.3. The first kappa shape index (κ1) is 11.5. The highest BCUT2D eigenvalue weighted by Crippen LogP contribution is 2.18. The molecule has 0 saturated heterocycles. The molecule has 1 rings (SSSR count). The zero-order valence-corrected chi connectivity index (χ0v) is 9.54. The predicted octanol–water partition coefficient (Wildman–Crippen LogP) is 2.80. The average Bonchev–Trinajstić information content (AvgIpc) is 2.16. The fourth-order valence-corrected chi connectivity index (χ4v) is 1.19. The molecule has 0 radical (unpaired) electrons. The summed E-state index contributed by atoms with van der Waals surface area (Å²) < 4.78 is 0. The van der Waals surface area contributed by atoms with Crippen LogP contribution in [0.25, 0.3) is 0 Å². The van der Waals surface area contributed by atoms with Crippen molar-refractivity contribution in [1.82, 2.24) is 4.98 Å². The molecular weight excluding hydrogens is 186 g/mol. The molecule has 15 heavy (non-hydrogen) atoms. The van der Waals surface area contributed by atoms with Gasteiger partial charge in [0.15, 0.2) is 0 Å². The predicted molar refractivity (Wildman–Crippen MR) is 61.5 cm³/mol. The van der Waals surface area contributed by atoms with Crippen LogP contribution in [-0.2, 0) is 0 Å². The molecule has 0 atom stereocenters. The molecule has 0 spiro atoms. The minimum atomic E-state index is 0.300. The highest BCUT2D eigenvalue weighted by atomic mass is 15.0. The van der Waals surface area contributed by atoms with Crippen molar-refractivity contribution in [3.8, 4) is 6.07 Å². The van der Waals surface area contributed by atoms with Crippen LogP contribution < -0.4 is 5.32 Å². The van der Waals surface area contributed by atoms with Gasteiger partial charge in [0, 0.05) is 12.7 Å². The van der Waals surface area contributed by atoms with E-state index in [4.69, 9.17) is 5.26 Å². The largest absolute Gasteiger partial charge is 0.369 e. The molecule has 0 aromatic carbocycles. The molecule has 1 N–H and O–H groups in total. The first-order chi connectivity index (χ1) is 7.03. The average molecular weight is 203 g/mol. The summed E-state index contributed by atoms with van der Waals surface area (Å²) in [4.78, 5) is 4.14. The van der Waals surface area contributed by atoms with Crippen LogP contribution in [0.5, 0.6) is 0 Å². The van der Waals surface area contributed by atoms with E-state index < -0.39 is 0 Å². The van der Waals surface area contributed by atoms with E-state index in [1.807, 2.05) is 0 Å². The van der Waals surface area contributed by atoms with Gasteiger partial charge in [0.25, 0.3) is 0 Å². The number of nitrogens with one attached hydrogen (secondary N) is 1. The minimum Gasteiger partial charge on any atom is -0.369 e. The van der Waals surface area contributed by atoms with E-state index >= 15 is 0 Å². The molecule has 0 aliphatic heterocycles. The molecule has 0 unspecified atom stereocenters. The van der Waals surface area contributed by atoms with Crippen molar-refractivity contribution in [1.29, 1.82) is 5.26 Å². The number of anilines is 1. The van der Waals surface area contributed by atoms with Gasteiger partial charge < -0.3 is 5.32 Å². The van der Waals surface area contributed by atoms with Gasteiger partial charge >= 0.3 is 0 Å². The molecule has 0 aliphatic rings. The van der Waals surface area contributed by atoms with Crippen LogP contribution in [0.2, 0.25) is 0 Å². The lowest BCUT2D eigenvalue weighted by Crippen LogP contribution is -2.13. The molecule has 1 heterocycles. The molecular formula is C12H17N3. The van der Waals surface area contributed by atoms with Crippen LogP contribution in [0.4, 0.5) is 5.82 Å². The van der Waals surface area contributed by atoms with E-state index in [1.165, 1.54) is 0 Å². The Morgan fingerprint density at radius 1 is 1.47 bits per heavy atom. The first-order valence-corrected chi connectivity index (χ1v) is 5.12. The minimum absolute atomic E-state index is 0.300. The van der Waals surface area contributed by atoms with E-state index in [1.54, 1.807) is 18.3 Å². The van der Waals surface area contributed by atoms with Crippen molar-refractivity contribution in [2.45, 2.75) is 27.2 Å². The van der Waals surface area contributed by atoms with Gasteiger partial charge in [-0.15, -0.1) is 0 Å². The number of hydrogen-bond donors (Lipinski definition) is 1. The lowest BCUT2D eigenvalue weighted by molar-refractivity contribution is 0.389.